The number of nitrogens with one attached hydrogen (secondary N) is 1. The van der Waals surface area contributed by atoms with Crippen molar-refractivity contribution in [3.8, 4) is 28.6 Å². The number of hydrogen-bond acceptors (Lipinski definition) is 5. The highest BCUT2D eigenvalue weighted by molar-refractivity contribution is 5.83. The molecule has 0 aliphatic rings. The molecule has 0 saturated carbocycles. The van der Waals surface area contributed by atoms with Crippen LogP contribution in [0.15, 0.2) is 57.8 Å². The first-order valence-corrected chi connectivity index (χ1v) is 7.46. The lowest BCUT2D eigenvalue weighted by atomic mass is 10.1. The maximum absolute atomic E-state index is 13.8. The van der Waals surface area contributed by atoms with Crippen molar-refractivity contribution in [3.63, 3.8) is 0 Å². The van der Waals surface area contributed by atoms with Gasteiger partial charge in [0, 0.05) is 10.9 Å². The molecule has 2 heterocycles. The third kappa shape index (κ3) is 2.65. The van der Waals surface area contributed by atoms with E-state index in [0.717, 1.165) is 5.39 Å². The van der Waals surface area contributed by atoms with Crippen molar-refractivity contribution in [1.82, 2.24) is 15.1 Å². The van der Waals surface area contributed by atoms with Crippen LogP contribution in [0.3, 0.4) is 0 Å². The summed E-state index contributed by atoms with van der Waals surface area (Å²) in [4.78, 5) is 19.2. The highest BCUT2D eigenvalue weighted by atomic mass is 19.1. The molecular weight excluding hydrogens is 325 g/mol. The van der Waals surface area contributed by atoms with Crippen LogP contribution in [0.25, 0.3) is 33.7 Å². The van der Waals surface area contributed by atoms with Crippen LogP contribution >= 0.6 is 0 Å². The molecule has 0 aliphatic heterocycles. The average Bonchev–Trinajstić information content (AvgIpc) is 3.10. The van der Waals surface area contributed by atoms with Gasteiger partial charge in [0.1, 0.15) is 11.6 Å². The molecule has 1 N–H and O–H groups in total. The molecular formula is C18H12FN3O3. The Morgan fingerprint density at radius 2 is 1.96 bits per heavy atom. The molecule has 0 fully saturated rings. The van der Waals surface area contributed by atoms with E-state index in [1.54, 1.807) is 43.5 Å². The summed E-state index contributed by atoms with van der Waals surface area (Å²) in [5, 5.41) is 4.57. The second-order valence-electron chi connectivity index (χ2n) is 5.37. The van der Waals surface area contributed by atoms with E-state index in [1.807, 2.05) is 0 Å². The summed E-state index contributed by atoms with van der Waals surface area (Å²) in [5.41, 5.74) is 0.707. The molecule has 0 atom stereocenters. The van der Waals surface area contributed by atoms with Crippen LogP contribution in [0.5, 0.6) is 5.75 Å². The fourth-order valence-corrected chi connectivity index (χ4v) is 2.55. The van der Waals surface area contributed by atoms with Crippen LogP contribution in [-0.4, -0.2) is 22.2 Å². The maximum Gasteiger partial charge on any atom is 0.261 e. The molecule has 0 bridgehead atoms. The number of rotatable bonds is 3. The second kappa shape index (κ2) is 5.86. The summed E-state index contributed by atoms with van der Waals surface area (Å²) in [6.07, 6.45) is 0. The van der Waals surface area contributed by atoms with Crippen molar-refractivity contribution in [2.45, 2.75) is 0 Å². The van der Waals surface area contributed by atoms with Crippen LogP contribution < -0.4 is 10.3 Å². The SMILES string of the molecule is COc1ccc2[nH]c(=O)c(-c3noc(-c4ccccc4F)n3)cc2c1. The highest BCUT2D eigenvalue weighted by Crippen LogP contribution is 2.25. The molecule has 0 spiro atoms. The van der Waals surface area contributed by atoms with Gasteiger partial charge in [0.05, 0.1) is 18.2 Å². The van der Waals surface area contributed by atoms with Gasteiger partial charge in [-0.3, -0.25) is 4.79 Å². The van der Waals surface area contributed by atoms with E-state index in [2.05, 4.69) is 15.1 Å². The Hall–Kier alpha value is -3.48. The number of aromatic nitrogens is 3. The number of hydrogen-bond donors (Lipinski definition) is 1. The van der Waals surface area contributed by atoms with Crippen LogP contribution in [-0.2, 0) is 0 Å². The van der Waals surface area contributed by atoms with Crippen molar-refractivity contribution in [2.75, 3.05) is 7.11 Å². The molecule has 0 aliphatic carbocycles. The number of ether oxygens (including phenoxy) is 1. The molecule has 124 valence electrons. The van der Waals surface area contributed by atoms with Crippen LogP contribution in [0.1, 0.15) is 0 Å². The van der Waals surface area contributed by atoms with E-state index in [4.69, 9.17) is 9.26 Å². The third-order valence-corrected chi connectivity index (χ3v) is 3.82. The number of fused-ring (bicyclic) bond motifs is 1. The Balaban J connectivity index is 1.83. The van der Waals surface area contributed by atoms with Crippen molar-refractivity contribution >= 4 is 10.9 Å². The summed E-state index contributed by atoms with van der Waals surface area (Å²) in [7, 11) is 1.56. The molecule has 2 aromatic carbocycles. The lowest BCUT2D eigenvalue weighted by Gasteiger charge is -2.03. The lowest BCUT2D eigenvalue weighted by Crippen LogP contribution is -2.09. The van der Waals surface area contributed by atoms with E-state index in [1.165, 1.54) is 12.1 Å². The Morgan fingerprint density at radius 1 is 1.12 bits per heavy atom. The van der Waals surface area contributed by atoms with Crippen molar-refractivity contribution in [3.05, 3.63) is 64.7 Å². The Kier molecular flexibility index (Phi) is 3.53. The predicted octanol–water partition coefficient (Wildman–Crippen LogP) is 3.39. The van der Waals surface area contributed by atoms with Gasteiger partial charge in [-0.05, 0) is 36.4 Å². The minimum Gasteiger partial charge on any atom is -0.497 e. The minimum absolute atomic E-state index is 0.0123. The molecule has 2 aromatic heterocycles. The van der Waals surface area contributed by atoms with Crippen molar-refractivity contribution in [1.29, 1.82) is 0 Å². The number of halogens is 1. The van der Waals surface area contributed by atoms with E-state index in [9.17, 15) is 9.18 Å². The zero-order chi connectivity index (χ0) is 17.4. The van der Waals surface area contributed by atoms with Gasteiger partial charge in [-0.1, -0.05) is 17.3 Å². The molecule has 7 heteroatoms. The number of nitrogens with zero attached hydrogens (tertiary/aromatic N) is 2. The van der Waals surface area contributed by atoms with E-state index in [0.29, 0.717) is 11.3 Å². The number of aromatic amines is 1. The predicted molar refractivity (Wildman–Crippen MR) is 89.8 cm³/mol. The van der Waals surface area contributed by atoms with Gasteiger partial charge in [-0.15, -0.1) is 0 Å². The van der Waals surface area contributed by atoms with E-state index >= 15 is 0 Å². The summed E-state index contributed by atoms with van der Waals surface area (Å²) < 4.78 is 24.2. The standard InChI is InChI=1S/C18H12FN3O3/c1-24-11-6-7-15-10(8-11)9-13(17(23)20-15)16-21-18(25-22-16)12-4-2-3-5-14(12)19/h2-9H,1H3,(H,20,23). The highest BCUT2D eigenvalue weighted by Gasteiger charge is 2.16. The number of pyridine rings is 1. The quantitative estimate of drug-likeness (QED) is 0.620. The van der Waals surface area contributed by atoms with Crippen LogP contribution in [0.4, 0.5) is 4.39 Å². The van der Waals surface area contributed by atoms with Gasteiger partial charge in [-0.25, -0.2) is 4.39 Å². The lowest BCUT2D eigenvalue weighted by molar-refractivity contribution is 0.415. The van der Waals surface area contributed by atoms with E-state index in [-0.39, 0.29) is 28.4 Å². The molecule has 0 unspecified atom stereocenters. The average molecular weight is 337 g/mol. The first-order valence-electron chi connectivity index (χ1n) is 7.46. The van der Waals surface area contributed by atoms with Gasteiger partial charge in [-0.2, -0.15) is 4.98 Å². The van der Waals surface area contributed by atoms with Crippen LogP contribution in [0.2, 0.25) is 0 Å². The Bertz CT molecular complexity index is 1130. The van der Waals surface area contributed by atoms with Gasteiger partial charge in [0.25, 0.3) is 11.4 Å². The first-order chi connectivity index (χ1) is 12.2. The van der Waals surface area contributed by atoms with Crippen LogP contribution in [0, 0.1) is 5.82 Å². The number of benzene rings is 2. The van der Waals surface area contributed by atoms with E-state index < -0.39 is 5.82 Å². The maximum atomic E-state index is 13.8. The van der Waals surface area contributed by atoms with Gasteiger partial charge in [0.15, 0.2) is 0 Å². The van der Waals surface area contributed by atoms with Gasteiger partial charge in [0.2, 0.25) is 5.82 Å². The van der Waals surface area contributed by atoms with Crippen molar-refractivity contribution < 1.29 is 13.7 Å². The number of H-pyrrole nitrogens is 1. The molecule has 6 nitrogen and oxygen atoms in total. The molecule has 0 radical (unpaired) electrons. The van der Waals surface area contributed by atoms with Crippen molar-refractivity contribution in [2.24, 2.45) is 0 Å². The molecule has 25 heavy (non-hydrogen) atoms. The van der Waals surface area contributed by atoms with Gasteiger partial charge < -0.3 is 14.2 Å². The number of methoxy groups -OCH3 is 1. The summed E-state index contributed by atoms with van der Waals surface area (Å²) in [5.74, 6) is 0.281. The normalized spacial score (nSPS) is 11.0. The Morgan fingerprint density at radius 3 is 2.76 bits per heavy atom. The Labute approximate surface area is 140 Å². The zero-order valence-corrected chi connectivity index (χ0v) is 13.1. The molecule has 4 aromatic rings. The summed E-state index contributed by atoms with van der Waals surface area (Å²) >= 11 is 0. The topological polar surface area (TPSA) is 81.0 Å². The molecule has 4 rings (SSSR count). The smallest absolute Gasteiger partial charge is 0.261 e. The summed E-state index contributed by atoms with van der Waals surface area (Å²) in [6.45, 7) is 0. The fraction of sp³-hybridized carbons (Fsp3) is 0.0556. The monoisotopic (exact) mass is 337 g/mol. The van der Waals surface area contributed by atoms with Gasteiger partial charge >= 0.3 is 0 Å². The largest absolute Gasteiger partial charge is 0.497 e. The zero-order valence-electron chi connectivity index (χ0n) is 13.1. The fourth-order valence-electron chi connectivity index (χ4n) is 2.55. The summed E-state index contributed by atoms with van der Waals surface area (Å²) in [6, 6.07) is 13.0. The molecule has 0 saturated heterocycles. The second-order valence-corrected chi connectivity index (χ2v) is 5.37. The third-order valence-electron chi connectivity index (χ3n) is 3.82. The molecule has 0 amide bonds. The minimum atomic E-state index is -0.477. The first kappa shape index (κ1) is 15.1.